The number of ether oxygens (including phenoxy) is 2. The van der Waals surface area contributed by atoms with Gasteiger partial charge < -0.3 is 9.47 Å². The van der Waals surface area contributed by atoms with Crippen LogP contribution in [0.1, 0.15) is 94.9 Å². The number of para-hydroxylation sites is 1. The molecular formula is C36H49N3O3S. The summed E-state index contributed by atoms with van der Waals surface area (Å²) in [4.78, 5) is 21.2. The zero-order chi connectivity index (χ0) is 30.5. The molecule has 3 aliphatic rings. The molecule has 0 spiro atoms. The lowest BCUT2D eigenvalue weighted by molar-refractivity contribution is -0.0581. The Morgan fingerprint density at radius 3 is 2.49 bits per heavy atom. The van der Waals surface area contributed by atoms with Gasteiger partial charge in [0, 0.05) is 23.7 Å². The quantitative estimate of drug-likeness (QED) is 0.208. The molecular weight excluding hydrogens is 554 g/mol. The molecule has 7 heteroatoms. The van der Waals surface area contributed by atoms with Crippen LogP contribution in [0.25, 0.3) is 10.9 Å². The van der Waals surface area contributed by atoms with Crippen molar-refractivity contribution in [3.63, 3.8) is 0 Å². The first kappa shape index (κ1) is 31.6. The SMILES string of the molecule is CCCSCC[C@H]1CN2CC[C@H]1C[C@H]2[C@H](OC(=O)Nc1c(C(C)C)cccc1C(C)C)c1ccnc2ccc(OC)cc12. The van der Waals surface area contributed by atoms with Crippen LogP contribution in [0.2, 0.25) is 0 Å². The topological polar surface area (TPSA) is 63.7 Å². The van der Waals surface area contributed by atoms with E-state index in [0.29, 0.717) is 11.8 Å². The Morgan fingerprint density at radius 1 is 1.07 bits per heavy atom. The number of methoxy groups -OCH3 is 1. The molecule has 3 fully saturated rings. The highest BCUT2D eigenvalue weighted by atomic mass is 32.2. The summed E-state index contributed by atoms with van der Waals surface area (Å²) in [5.74, 6) is 5.16. The van der Waals surface area contributed by atoms with Gasteiger partial charge in [0.05, 0.1) is 24.4 Å². The van der Waals surface area contributed by atoms with Gasteiger partial charge in [0.15, 0.2) is 0 Å². The molecule has 43 heavy (non-hydrogen) atoms. The van der Waals surface area contributed by atoms with Crippen molar-refractivity contribution >= 4 is 34.4 Å². The number of benzene rings is 2. The van der Waals surface area contributed by atoms with E-state index >= 15 is 0 Å². The predicted octanol–water partition coefficient (Wildman–Crippen LogP) is 9.02. The zero-order valence-electron chi connectivity index (χ0n) is 26.8. The molecule has 1 aromatic heterocycles. The smallest absolute Gasteiger partial charge is 0.412 e. The highest BCUT2D eigenvalue weighted by molar-refractivity contribution is 7.99. The number of nitrogens with zero attached hydrogens (tertiary/aromatic N) is 2. The second kappa shape index (κ2) is 14.3. The molecule has 232 valence electrons. The minimum Gasteiger partial charge on any atom is -0.497 e. The Kier molecular flexibility index (Phi) is 10.6. The summed E-state index contributed by atoms with van der Waals surface area (Å²) < 4.78 is 12.2. The molecule has 1 N–H and O–H groups in total. The molecule has 3 saturated heterocycles. The van der Waals surface area contributed by atoms with Crippen molar-refractivity contribution in [2.45, 2.75) is 84.3 Å². The number of hydrogen-bond acceptors (Lipinski definition) is 6. The average molecular weight is 604 g/mol. The van der Waals surface area contributed by atoms with Crippen LogP contribution < -0.4 is 10.1 Å². The Morgan fingerprint density at radius 2 is 1.84 bits per heavy atom. The maximum Gasteiger partial charge on any atom is 0.412 e. The fraction of sp³-hybridized carbons (Fsp3) is 0.556. The van der Waals surface area contributed by atoms with E-state index in [1.165, 1.54) is 30.8 Å². The monoisotopic (exact) mass is 603 g/mol. The molecule has 0 saturated carbocycles. The maximum absolute atomic E-state index is 13.9. The third kappa shape index (κ3) is 7.15. The number of fused-ring (bicyclic) bond motifs is 4. The number of thioether (sulfide) groups is 1. The minimum absolute atomic E-state index is 0.116. The van der Waals surface area contributed by atoms with Crippen LogP contribution in [-0.4, -0.2) is 53.7 Å². The zero-order valence-corrected chi connectivity index (χ0v) is 27.6. The first-order chi connectivity index (χ1) is 20.8. The van der Waals surface area contributed by atoms with E-state index in [4.69, 9.17) is 9.47 Å². The van der Waals surface area contributed by atoms with Crippen molar-refractivity contribution in [1.29, 1.82) is 0 Å². The standard InChI is InChI=1S/C36H49N3O3S/c1-7-18-43-19-15-26-22-39-17-14-25(26)20-33(39)35(30-13-16-37-32-12-11-27(41-6)21-31(30)32)42-36(40)38-34-28(23(2)3)9-8-10-29(34)24(4)5/h8-13,16,21,23-26,33,35H,7,14-15,17-20,22H2,1-6H3,(H,38,40)/t25-,26-,33-,35+/m0/s1. The third-order valence-corrected chi connectivity index (χ3v) is 10.6. The molecule has 4 heterocycles. The van der Waals surface area contributed by atoms with Crippen LogP contribution in [0, 0.1) is 11.8 Å². The average Bonchev–Trinajstić information content (AvgIpc) is 3.01. The Bertz CT molecular complexity index is 1370. The van der Waals surface area contributed by atoms with Crippen LogP contribution in [0.15, 0.2) is 48.7 Å². The number of piperidine rings is 3. The van der Waals surface area contributed by atoms with Crippen molar-refractivity contribution < 1.29 is 14.3 Å². The van der Waals surface area contributed by atoms with Gasteiger partial charge in [-0.3, -0.25) is 15.2 Å². The third-order valence-electron chi connectivity index (χ3n) is 9.39. The molecule has 2 bridgehead atoms. The van der Waals surface area contributed by atoms with Gasteiger partial charge in [-0.05, 0) is 103 Å². The summed E-state index contributed by atoms with van der Waals surface area (Å²) in [7, 11) is 1.68. The van der Waals surface area contributed by atoms with Gasteiger partial charge >= 0.3 is 6.09 Å². The first-order valence-electron chi connectivity index (χ1n) is 16.2. The highest BCUT2D eigenvalue weighted by Crippen LogP contribution is 2.45. The van der Waals surface area contributed by atoms with Gasteiger partial charge in [0.2, 0.25) is 0 Å². The van der Waals surface area contributed by atoms with Crippen molar-refractivity contribution in [3.8, 4) is 5.75 Å². The number of amides is 1. The Hall–Kier alpha value is -2.77. The first-order valence-corrected chi connectivity index (χ1v) is 17.3. The summed E-state index contributed by atoms with van der Waals surface area (Å²) in [5.41, 5.74) is 5.01. The summed E-state index contributed by atoms with van der Waals surface area (Å²) in [6.07, 6.45) is 5.78. The van der Waals surface area contributed by atoms with Crippen molar-refractivity contribution in [2.24, 2.45) is 11.8 Å². The number of rotatable bonds is 12. The number of nitrogens with one attached hydrogen (secondary N) is 1. The van der Waals surface area contributed by atoms with E-state index in [9.17, 15) is 4.79 Å². The van der Waals surface area contributed by atoms with E-state index < -0.39 is 12.2 Å². The van der Waals surface area contributed by atoms with E-state index in [1.807, 2.05) is 30.5 Å². The van der Waals surface area contributed by atoms with Gasteiger partial charge in [-0.15, -0.1) is 0 Å². The fourth-order valence-corrected chi connectivity index (χ4v) is 8.08. The van der Waals surface area contributed by atoms with Gasteiger partial charge in [-0.1, -0.05) is 52.8 Å². The van der Waals surface area contributed by atoms with E-state index in [-0.39, 0.29) is 17.9 Å². The molecule has 6 nitrogen and oxygen atoms in total. The largest absolute Gasteiger partial charge is 0.497 e. The van der Waals surface area contributed by atoms with Gasteiger partial charge in [-0.2, -0.15) is 11.8 Å². The molecule has 0 aliphatic carbocycles. The lowest BCUT2D eigenvalue weighted by atomic mass is 9.72. The summed E-state index contributed by atoms with van der Waals surface area (Å²) in [6, 6.07) is 14.4. The maximum atomic E-state index is 13.9. The van der Waals surface area contributed by atoms with E-state index in [0.717, 1.165) is 58.5 Å². The second-order valence-corrected chi connectivity index (χ2v) is 14.1. The second-order valence-electron chi connectivity index (χ2n) is 12.9. The van der Waals surface area contributed by atoms with E-state index in [1.54, 1.807) is 7.11 Å². The molecule has 6 rings (SSSR count). The van der Waals surface area contributed by atoms with Crippen molar-refractivity contribution in [3.05, 3.63) is 65.4 Å². The highest BCUT2D eigenvalue weighted by Gasteiger charge is 2.45. The fourth-order valence-electron chi connectivity index (χ4n) is 7.12. The lowest BCUT2D eigenvalue weighted by Crippen LogP contribution is -2.56. The van der Waals surface area contributed by atoms with Crippen LogP contribution in [-0.2, 0) is 4.74 Å². The number of carbonyl (C=O) groups is 1. The lowest BCUT2D eigenvalue weighted by Gasteiger charge is -2.52. The predicted molar refractivity (Wildman–Crippen MR) is 180 cm³/mol. The van der Waals surface area contributed by atoms with Crippen LogP contribution in [0.5, 0.6) is 5.75 Å². The summed E-state index contributed by atoms with van der Waals surface area (Å²) in [5, 5.41) is 4.19. The number of carbonyl (C=O) groups excluding carboxylic acids is 1. The van der Waals surface area contributed by atoms with Crippen LogP contribution in [0.4, 0.5) is 10.5 Å². The summed E-state index contributed by atoms with van der Waals surface area (Å²) >= 11 is 2.08. The van der Waals surface area contributed by atoms with Crippen molar-refractivity contribution in [2.75, 3.05) is 37.0 Å². The van der Waals surface area contributed by atoms with Gasteiger partial charge in [-0.25, -0.2) is 4.79 Å². The van der Waals surface area contributed by atoms with Crippen LogP contribution >= 0.6 is 11.8 Å². The van der Waals surface area contributed by atoms with Crippen LogP contribution in [0.3, 0.4) is 0 Å². The summed E-state index contributed by atoms with van der Waals surface area (Å²) in [6.45, 7) is 13.0. The number of pyridine rings is 1. The molecule has 1 unspecified atom stereocenters. The number of hydrogen-bond donors (Lipinski definition) is 1. The number of aromatic nitrogens is 1. The molecule has 5 atom stereocenters. The molecule has 3 aliphatic heterocycles. The number of anilines is 1. The molecule has 3 aromatic rings. The normalized spacial score (nSPS) is 22.2. The van der Waals surface area contributed by atoms with Crippen molar-refractivity contribution in [1.82, 2.24) is 9.88 Å². The molecule has 0 radical (unpaired) electrons. The van der Waals surface area contributed by atoms with Gasteiger partial charge in [0.1, 0.15) is 11.9 Å². The minimum atomic E-state index is -0.426. The molecule has 2 aromatic carbocycles. The Balaban J connectivity index is 1.47. The van der Waals surface area contributed by atoms with Gasteiger partial charge in [0.25, 0.3) is 0 Å². The Labute approximate surface area is 262 Å². The van der Waals surface area contributed by atoms with E-state index in [2.05, 4.69) is 79.8 Å². The molecule has 1 amide bonds.